The Morgan fingerprint density at radius 1 is 1.00 bits per heavy atom. The van der Waals surface area contributed by atoms with Crippen molar-refractivity contribution in [3.05, 3.63) is 94.7 Å². The minimum Gasteiger partial charge on any atom is -0.508 e. The minimum absolute atomic E-state index is 0.168. The topological polar surface area (TPSA) is 54.7 Å². The summed E-state index contributed by atoms with van der Waals surface area (Å²) in [6, 6.07) is 21.0. The van der Waals surface area contributed by atoms with Gasteiger partial charge in [0.05, 0.1) is 5.56 Å². The van der Waals surface area contributed by atoms with Gasteiger partial charge in [0.1, 0.15) is 5.75 Å². The molecule has 1 aromatic heterocycles. The number of hydrogen-bond donors (Lipinski definition) is 1. The van der Waals surface area contributed by atoms with Crippen LogP contribution in [0.1, 0.15) is 32.7 Å². The Labute approximate surface area is 181 Å². The van der Waals surface area contributed by atoms with Crippen molar-refractivity contribution in [2.45, 2.75) is 12.5 Å². The summed E-state index contributed by atoms with van der Waals surface area (Å²) in [6.45, 7) is 2.05. The molecule has 0 amide bonds. The van der Waals surface area contributed by atoms with Gasteiger partial charge in [-0.25, -0.2) is 4.79 Å². The van der Waals surface area contributed by atoms with E-state index in [4.69, 9.17) is 4.74 Å². The molecule has 0 spiro atoms. The predicted molar refractivity (Wildman–Crippen MR) is 122 cm³/mol. The summed E-state index contributed by atoms with van der Waals surface area (Å²) < 4.78 is 8.45. The van der Waals surface area contributed by atoms with Crippen LogP contribution in [0.2, 0.25) is 0 Å². The summed E-state index contributed by atoms with van der Waals surface area (Å²) in [5, 5.41) is 10.9. The van der Waals surface area contributed by atoms with Crippen molar-refractivity contribution in [3.63, 3.8) is 0 Å². The van der Waals surface area contributed by atoms with Gasteiger partial charge < -0.3 is 19.3 Å². The summed E-state index contributed by atoms with van der Waals surface area (Å²) in [6.07, 6.45) is 0. The number of carbonyl (C=O) groups is 1. The maximum Gasteiger partial charge on any atom is 0.340 e. The second kappa shape index (κ2) is 6.64. The Kier molecular flexibility index (Phi) is 4.12. The number of anilines is 1. The zero-order chi connectivity index (χ0) is 21.9. The molecule has 5 rings (SSSR count). The van der Waals surface area contributed by atoms with Gasteiger partial charge in [-0.15, -0.1) is 0 Å². The van der Waals surface area contributed by atoms with Gasteiger partial charge in [0, 0.05) is 60.1 Å². The van der Waals surface area contributed by atoms with Crippen LogP contribution >= 0.6 is 0 Å². The number of nitrogens with zero attached hydrogens (tertiary/aromatic N) is 2. The van der Waals surface area contributed by atoms with Gasteiger partial charge in [-0.1, -0.05) is 36.4 Å². The fraction of sp³-hybridized carbons (Fsp3) is 0.192. The zero-order valence-corrected chi connectivity index (χ0v) is 18.0. The van der Waals surface area contributed by atoms with Crippen LogP contribution in [0.3, 0.4) is 0 Å². The summed E-state index contributed by atoms with van der Waals surface area (Å²) >= 11 is 0. The van der Waals surface area contributed by atoms with Gasteiger partial charge >= 0.3 is 5.97 Å². The third kappa shape index (κ3) is 2.59. The highest BCUT2D eigenvalue weighted by molar-refractivity contribution is 5.99. The first kappa shape index (κ1) is 19.2. The number of phenolic OH excluding ortho intramolecular Hbond substituents is 1. The number of carbonyl (C=O) groups excluding carboxylic acids is 1. The van der Waals surface area contributed by atoms with Crippen molar-refractivity contribution in [2.24, 2.45) is 7.05 Å². The van der Waals surface area contributed by atoms with Crippen LogP contribution in [0.5, 0.6) is 5.75 Å². The van der Waals surface area contributed by atoms with Gasteiger partial charge in [0.15, 0.2) is 5.60 Å². The van der Waals surface area contributed by atoms with E-state index in [1.807, 2.05) is 68.5 Å². The third-order valence-corrected chi connectivity index (χ3v) is 6.39. The fourth-order valence-electron chi connectivity index (χ4n) is 4.74. The molecule has 0 radical (unpaired) electrons. The van der Waals surface area contributed by atoms with Crippen LogP contribution < -0.4 is 4.90 Å². The number of phenols is 1. The molecule has 1 atom stereocenters. The number of hydrogen-bond acceptors (Lipinski definition) is 4. The van der Waals surface area contributed by atoms with E-state index in [-0.39, 0.29) is 11.7 Å². The van der Waals surface area contributed by atoms with E-state index in [0.717, 1.165) is 39.0 Å². The summed E-state index contributed by atoms with van der Waals surface area (Å²) in [4.78, 5) is 15.2. The number of esters is 1. The third-order valence-electron chi connectivity index (χ3n) is 6.39. The second-order valence-corrected chi connectivity index (χ2v) is 8.28. The predicted octanol–water partition coefficient (Wildman–Crippen LogP) is 4.72. The molecule has 0 saturated heterocycles. The molecular formula is C26H24N2O3. The maximum atomic E-state index is 13.2. The molecule has 1 unspecified atom stereocenters. The lowest BCUT2D eigenvalue weighted by molar-refractivity contribution is 0.0253. The molecular weight excluding hydrogens is 388 g/mol. The molecule has 156 valence electrons. The van der Waals surface area contributed by atoms with E-state index in [2.05, 4.69) is 23.6 Å². The number of fused-ring (bicyclic) bond motifs is 2. The molecule has 0 bridgehead atoms. The zero-order valence-electron chi connectivity index (χ0n) is 18.0. The number of aromatic nitrogens is 1. The first-order valence-corrected chi connectivity index (χ1v) is 10.2. The molecule has 5 heteroatoms. The summed E-state index contributed by atoms with van der Waals surface area (Å²) in [7, 11) is 5.92. The van der Waals surface area contributed by atoms with E-state index in [1.54, 1.807) is 12.1 Å². The highest BCUT2D eigenvalue weighted by Crippen LogP contribution is 2.51. The van der Waals surface area contributed by atoms with Crippen LogP contribution in [0.25, 0.3) is 10.9 Å². The van der Waals surface area contributed by atoms with Crippen molar-refractivity contribution in [1.29, 1.82) is 0 Å². The molecule has 1 aliphatic heterocycles. The van der Waals surface area contributed by atoms with Gasteiger partial charge in [-0.2, -0.15) is 0 Å². The Hall–Kier alpha value is -3.73. The largest absolute Gasteiger partial charge is 0.508 e. The smallest absolute Gasteiger partial charge is 0.340 e. The second-order valence-electron chi connectivity index (χ2n) is 8.28. The van der Waals surface area contributed by atoms with Gasteiger partial charge in [-0.3, -0.25) is 0 Å². The lowest BCUT2D eigenvalue weighted by atomic mass is 9.78. The SMILES string of the molecule is Cc1c(C2(c3ccc(O)cc3)OC(=O)c3cc(N(C)C)ccc32)c2ccccc2n1C. The van der Waals surface area contributed by atoms with E-state index < -0.39 is 5.60 Å². The first-order valence-electron chi connectivity index (χ1n) is 10.2. The minimum atomic E-state index is -1.10. The lowest BCUT2D eigenvalue weighted by Gasteiger charge is -2.31. The summed E-state index contributed by atoms with van der Waals surface area (Å²) in [5.41, 5.74) is 5.05. The van der Waals surface area contributed by atoms with Crippen LogP contribution in [0.4, 0.5) is 5.69 Å². The number of aryl methyl sites for hydroxylation is 1. The first-order chi connectivity index (χ1) is 14.8. The average molecular weight is 412 g/mol. The molecule has 31 heavy (non-hydrogen) atoms. The van der Waals surface area contributed by atoms with Crippen LogP contribution in [-0.4, -0.2) is 29.7 Å². The van der Waals surface area contributed by atoms with Crippen LogP contribution in [0.15, 0.2) is 66.7 Å². The molecule has 5 nitrogen and oxygen atoms in total. The van der Waals surface area contributed by atoms with Crippen molar-refractivity contribution in [1.82, 2.24) is 4.57 Å². The van der Waals surface area contributed by atoms with Crippen LogP contribution in [-0.2, 0) is 17.4 Å². The Balaban J connectivity index is 1.91. The number of rotatable bonds is 3. The van der Waals surface area contributed by atoms with E-state index >= 15 is 0 Å². The monoisotopic (exact) mass is 412 g/mol. The Morgan fingerprint density at radius 2 is 1.71 bits per heavy atom. The van der Waals surface area contributed by atoms with E-state index in [1.165, 1.54) is 0 Å². The summed E-state index contributed by atoms with van der Waals surface area (Å²) in [5.74, 6) is -0.180. The Morgan fingerprint density at radius 3 is 2.42 bits per heavy atom. The maximum absolute atomic E-state index is 13.2. The van der Waals surface area contributed by atoms with Gasteiger partial charge in [0.2, 0.25) is 0 Å². The number of aromatic hydroxyl groups is 1. The fourth-order valence-corrected chi connectivity index (χ4v) is 4.74. The number of cyclic esters (lactones) is 1. The Bertz CT molecular complexity index is 1340. The van der Waals surface area contributed by atoms with Gasteiger partial charge in [0.25, 0.3) is 0 Å². The normalized spacial score (nSPS) is 17.6. The molecule has 1 N–H and O–H groups in total. The highest BCUT2D eigenvalue weighted by Gasteiger charge is 2.51. The molecule has 0 aliphatic carbocycles. The van der Waals surface area contributed by atoms with Crippen LogP contribution in [0, 0.1) is 6.92 Å². The van der Waals surface area contributed by atoms with E-state index in [9.17, 15) is 9.90 Å². The molecule has 3 aromatic carbocycles. The quantitative estimate of drug-likeness (QED) is 0.495. The number of para-hydroxylation sites is 1. The van der Waals surface area contributed by atoms with Gasteiger partial charge in [-0.05, 0) is 37.3 Å². The number of ether oxygens (including phenoxy) is 1. The highest BCUT2D eigenvalue weighted by atomic mass is 16.6. The standard InChI is InChI=1S/C26H24N2O3/c1-16-24(20-7-5-6-8-23(20)28(16)4)26(17-9-12-19(29)13-10-17)22-14-11-18(27(2)3)15-21(22)25(30)31-26/h5-15,29H,1-4H3. The average Bonchev–Trinajstić information content (AvgIpc) is 3.20. The van der Waals surface area contributed by atoms with Crippen molar-refractivity contribution in [2.75, 3.05) is 19.0 Å². The molecule has 2 heterocycles. The van der Waals surface area contributed by atoms with E-state index in [0.29, 0.717) is 5.56 Å². The lowest BCUT2D eigenvalue weighted by Crippen LogP contribution is -2.30. The molecule has 1 aliphatic rings. The molecule has 0 fully saturated rings. The van der Waals surface area contributed by atoms with Crippen molar-refractivity contribution in [3.8, 4) is 5.75 Å². The molecule has 4 aromatic rings. The number of benzene rings is 3. The van der Waals surface area contributed by atoms with Crippen molar-refractivity contribution >= 4 is 22.6 Å². The molecule has 0 saturated carbocycles. The van der Waals surface area contributed by atoms with Crippen molar-refractivity contribution < 1.29 is 14.6 Å².